The molecule has 2 aromatic heterocycles. The summed E-state index contributed by atoms with van der Waals surface area (Å²) in [4.78, 5) is 19.8. The second-order valence-electron chi connectivity index (χ2n) is 6.48. The average molecular weight is 431 g/mol. The fourth-order valence-electron chi connectivity index (χ4n) is 3.23. The van der Waals surface area contributed by atoms with Crippen molar-refractivity contribution in [1.82, 2.24) is 4.98 Å². The lowest BCUT2D eigenvalue weighted by Gasteiger charge is -2.38. The second-order valence-corrected chi connectivity index (χ2v) is 8.92. The Kier molecular flexibility index (Phi) is 4.38. The maximum absolute atomic E-state index is 12.6. The third kappa shape index (κ3) is 2.90. The Balaban J connectivity index is 1.28. The van der Waals surface area contributed by atoms with Gasteiger partial charge in [0.25, 0.3) is 0 Å². The molecule has 0 spiro atoms. The summed E-state index contributed by atoms with van der Waals surface area (Å²) in [7, 11) is 1.64. The first kappa shape index (κ1) is 17.7. The third-order valence-corrected chi connectivity index (χ3v) is 7.44. The van der Waals surface area contributed by atoms with Gasteiger partial charge in [-0.05, 0) is 18.2 Å². The molecule has 1 fully saturated rings. The Morgan fingerprint density at radius 1 is 1.14 bits per heavy atom. The van der Waals surface area contributed by atoms with Gasteiger partial charge in [0.05, 0.1) is 29.9 Å². The van der Waals surface area contributed by atoms with E-state index in [-0.39, 0.29) is 12.1 Å². The highest BCUT2D eigenvalue weighted by Crippen LogP contribution is 2.38. The fraction of sp³-hybridized carbons (Fsp3) is 0.200. The number of benzene rings is 2. The van der Waals surface area contributed by atoms with Gasteiger partial charge in [0.1, 0.15) is 22.2 Å². The normalized spacial score (nSPS) is 14.4. The number of para-hydroxylation sites is 1. The number of hydrogen-bond donors (Lipinski definition) is 0. The fourth-order valence-corrected chi connectivity index (χ4v) is 5.62. The van der Waals surface area contributed by atoms with Crippen molar-refractivity contribution in [2.24, 2.45) is 0 Å². The van der Waals surface area contributed by atoms with Crippen LogP contribution in [0.2, 0.25) is 5.02 Å². The quantitative estimate of drug-likeness (QED) is 0.415. The molecular formula is C20H15ClN2O3S2. The molecule has 0 aliphatic carbocycles. The molecule has 5 nitrogen and oxygen atoms in total. The first-order valence-corrected chi connectivity index (χ1v) is 10.7. The van der Waals surface area contributed by atoms with Crippen LogP contribution >= 0.6 is 34.3 Å². The number of methoxy groups -OCH3 is 1. The van der Waals surface area contributed by atoms with Crippen molar-refractivity contribution in [2.75, 3.05) is 25.1 Å². The van der Waals surface area contributed by atoms with Gasteiger partial charge < -0.3 is 14.4 Å². The minimum absolute atomic E-state index is 0.164. The Morgan fingerprint density at radius 3 is 2.71 bits per heavy atom. The zero-order valence-electron chi connectivity index (χ0n) is 14.8. The van der Waals surface area contributed by atoms with Crippen molar-refractivity contribution >= 4 is 65.7 Å². The zero-order valence-corrected chi connectivity index (χ0v) is 17.2. The number of aromatic nitrogens is 1. The van der Waals surface area contributed by atoms with Gasteiger partial charge in [-0.1, -0.05) is 47.2 Å². The van der Waals surface area contributed by atoms with Gasteiger partial charge in [-0.15, -0.1) is 11.3 Å². The summed E-state index contributed by atoms with van der Waals surface area (Å²) in [5.74, 6) is 0.407. The number of halogens is 1. The molecule has 0 amide bonds. The smallest absolute Gasteiger partial charge is 0.350 e. The number of anilines is 1. The molecule has 2 aromatic carbocycles. The standard InChI is InChI=1S/C20H15ClN2O3S2/c1-25-13-6-4-8-15-17(13)22-20(28-15)23-9-11(10-23)26-19(24)18-16(21)12-5-2-3-7-14(12)27-18/h2-8,11H,9-10H2,1H3. The van der Waals surface area contributed by atoms with E-state index in [0.29, 0.717) is 23.0 Å². The maximum atomic E-state index is 12.6. The van der Waals surface area contributed by atoms with Crippen LogP contribution in [-0.2, 0) is 4.74 Å². The van der Waals surface area contributed by atoms with Crippen molar-refractivity contribution in [3.05, 3.63) is 52.4 Å². The van der Waals surface area contributed by atoms with Crippen molar-refractivity contribution in [1.29, 1.82) is 0 Å². The number of hydrogen-bond acceptors (Lipinski definition) is 7. The Labute approximate surface area is 174 Å². The van der Waals surface area contributed by atoms with Crippen LogP contribution in [-0.4, -0.2) is 37.3 Å². The minimum Gasteiger partial charge on any atom is -0.494 e. The molecule has 0 saturated carbocycles. The van der Waals surface area contributed by atoms with E-state index in [2.05, 4.69) is 9.88 Å². The average Bonchev–Trinajstić information content (AvgIpc) is 3.25. The number of carbonyl (C=O) groups excluding carboxylic acids is 1. The van der Waals surface area contributed by atoms with Gasteiger partial charge in [-0.2, -0.15) is 0 Å². The first-order chi connectivity index (χ1) is 13.6. The van der Waals surface area contributed by atoms with Crippen LogP contribution in [0.4, 0.5) is 5.13 Å². The predicted octanol–water partition coefficient (Wildman–Crippen LogP) is 5.22. The number of thiazole rings is 1. The summed E-state index contributed by atoms with van der Waals surface area (Å²) in [5, 5.41) is 2.27. The number of rotatable bonds is 4. The summed E-state index contributed by atoms with van der Waals surface area (Å²) < 4.78 is 13.1. The van der Waals surface area contributed by atoms with Crippen LogP contribution in [0.5, 0.6) is 5.75 Å². The van der Waals surface area contributed by atoms with E-state index in [1.807, 2.05) is 42.5 Å². The van der Waals surface area contributed by atoms with Crippen LogP contribution in [0, 0.1) is 0 Å². The molecule has 0 radical (unpaired) electrons. The molecule has 1 saturated heterocycles. The van der Waals surface area contributed by atoms with E-state index in [9.17, 15) is 4.79 Å². The molecule has 1 aliphatic heterocycles. The molecule has 0 N–H and O–H groups in total. The van der Waals surface area contributed by atoms with E-state index in [4.69, 9.17) is 21.1 Å². The predicted molar refractivity (Wildman–Crippen MR) is 114 cm³/mol. The van der Waals surface area contributed by atoms with Crippen molar-refractivity contribution in [3.63, 3.8) is 0 Å². The molecule has 1 aliphatic rings. The van der Waals surface area contributed by atoms with Gasteiger partial charge in [0.15, 0.2) is 5.13 Å². The highest BCUT2D eigenvalue weighted by molar-refractivity contribution is 7.22. The minimum atomic E-state index is -0.359. The topological polar surface area (TPSA) is 51.7 Å². The molecular weight excluding hydrogens is 416 g/mol. The molecule has 28 heavy (non-hydrogen) atoms. The highest BCUT2D eigenvalue weighted by Gasteiger charge is 2.33. The third-order valence-electron chi connectivity index (χ3n) is 4.70. The number of fused-ring (bicyclic) bond motifs is 2. The molecule has 5 rings (SSSR count). The SMILES string of the molecule is COc1cccc2sc(N3CC(OC(=O)c4sc5ccccc5c4Cl)C3)nc12. The summed E-state index contributed by atoms with van der Waals surface area (Å²) >= 11 is 9.35. The largest absolute Gasteiger partial charge is 0.494 e. The van der Waals surface area contributed by atoms with Gasteiger partial charge in [0.2, 0.25) is 0 Å². The molecule has 4 aromatic rings. The lowest BCUT2D eigenvalue weighted by atomic mass is 10.2. The van der Waals surface area contributed by atoms with E-state index in [1.165, 1.54) is 11.3 Å². The molecule has 3 heterocycles. The molecule has 142 valence electrons. The summed E-state index contributed by atoms with van der Waals surface area (Å²) in [6.07, 6.45) is -0.164. The van der Waals surface area contributed by atoms with Gasteiger partial charge in [-0.3, -0.25) is 0 Å². The zero-order chi connectivity index (χ0) is 19.3. The van der Waals surface area contributed by atoms with E-state index >= 15 is 0 Å². The number of carbonyl (C=O) groups is 1. The lowest BCUT2D eigenvalue weighted by Crippen LogP contribution is -2.53. The van der Waals surface area contributed by atoms with Gasteiger partial charge >= 0.3 is 5.97 Å². The van der Waals surface area contributed by atoms with Gasteiger partial charge in [0, 0.05) is 10.1 Å². The lowest BCUT2D eigenvalue weighted by molar-refractivity contribution is 0.0240. The Morgan fingerprint density at radius 2 is 1.93 bits per heavy atom. The summed E-state index contributed by atoms with van der Waals surface area (Å²) in [5.41, 5.74) is 0.863. The monoisotopic (exact) mass is 430 g/mol. The maximum Gasteiger partial charge on any atom is 0.350 e. The van der Waals surface area contributed by atoms with Crippen molar-refractivity contribution in [3.8, 4) is 5.75 Å². The Hall–Kier alpha value is -2.35. The second kappa shape index (κ2) is 6.92. The molecule has 8 heteroatoms. The summed E-state index contributed by atoms with van der Waals surface area (Å²) in [6.45, 7) is 1.24. The number of nitrogens with zero attached hydrogens (tertiary/aromatic N) is 2. The Bertz CT molecular complexity index is 1200. The van der Waals surface area contributed by atoms with Crippen molar-refractivity contribution < 1.29 is 14.3 Å². The molecule has 0 bridgehead atoms. The number of esters is 1. The van der Waals surface area contributed by atoms with Crippen LogP contribution in [0.3, 0.4) is 0 Å². The van der Waals surface area contributed by atoms with Crippen molar-refractivity contribution in [2.45, 2.75) is 6.10 Å². The number of thiophene rings is 1. The number of ether oxygens (including phenoxy) is 2. The van der Waals surface area contributed by atoms with Crippen LogP contribution in [0.25, 0.3) is 20.3 Å². The molecule has 0 unspecified atom stereocenters. The van der Waals surface area contributed by atoms with E-state index in [1.54, 1.807) is 18.4 Å². The van der Waals surface area contributed by atoms with Crippen LogP contribution < -0.4 is 9.64 Å². The van der Waals surface area contributed by atoms with Crippen LogP contribution in [0.15, 0.2) is 42.5 Å². The van der Waals surface area contributed by atoms with E-state index < -0.39 is 0 Å². The van der Waals surface area contributed by atoms with Gasteiger partial charge in [-0.25, -0.2) is 9.78 Å². The van der Waals surface area contributed by atoms with Crippen LogP contribution in [0.1, 0.15) is 9.67 Å². The first-order valence-electron chi connectivity index (χ1n) is 8.70. The highest BCUT2D eigenvalue weighted by atomic mass is 35.5. The summed E-state index contributed by atoms with van der Waals surface area (Å²) in [6, 6.07) is 13.6. The molecule has 0 atom stereocenters. The van der Waals surface area contributed by atoms with E-state index in [0.717, 1.165) is 31.2 Å².